The Bertz CT molecular complexity index is 1090. The predicted molar refractivity (Wildman–Crippen MR) is 114 cm³/mol. The van der Waals surface area contributed by atoms with Crippen molar-refractivity contribution in [3.63, 3.8) is 0 Å². The van der Waals surface area contributed by atoms with Crippen LogP contribution in [0.5, 0.6) is 0 Å². The van der Waals surface area contributed by atoms with Crippen LogP contribution in [0.25, 0.3) is 0 Å². The highest BCUT2D eigenvalue weighted by molar-refractivity contribution is 6.22. The average Bonchev–Trinajstić information content (AvgIpc) is 3.04. The molecule has 3 aromatic rings. The van der Waals surface area contributed by atoms with E-state index in [0.29, 0.717) is 11.1 Å². The van der Waals surface area contributed by atoms with Gasteiger partial charge in [-0.1, -0.05) is 54.6 Å². The second-order valence-electron chi connectivity index (χ2n) is 7.55. The van der Waals surface area contributed by atoms with Crippen molar-refractivity contribution in [3.8, 4) is 0 Å². The van der Waals surface area contributed by atoms with Crippen LogP contribution < -0.4 is 0 Å². The fraction of sp³-hybridized carbons (Fsp3) is 0.160. The van der Waals surface area contributed by atoms with Gasteiger partial charge in [-0.05, 0) is 35.4 Å². The molecule has 1 heterocycles. The molecule has 5 nitrogen and oxygen atoms in total. The first-order valence-electron chi connectivity index (χ1n) is 9.96. The smallest absolute Gasteiger partial charge is 0.262 e. The van der Waals surface area contributed by atoms with Gasteiger partial charge in [0.2, 0.25) is 5.91 Å². The Morgan fingerprint density at radius 1 is 0.839 bits per heavy atom. The van der Waals surface area contributed by atoms with Crippen molar-refractivity contribution in [1.29, 1.82) is 0 Å². The van der Waals surface area contributed by atoms with Gasteiger partial charge in [0.05, 0.1) is 11.1 Å². The minimum Gasteiger partial charge on any atom is -0.340 e. The summed E-state index contributed by atoms with van der Waals surface area (Å²) in [4.78, 5) is 42.1. The Hall–Kier alpha value is -3.80. The quantitative estimate of drug-likeness (QED) is 0.576. The SMILES string of the molecule is CN(Cc1ccc(F)cc1)C(=O)[C@H](Cc1ccccc1)N1C(=O)c2ccccc2C1=O. The van der Waals surface area contributed by atoms with Crippen LogP contribution >= 0.6 is 0 Å². The molecule has 0 saturated carbocycles. The van der Waals surface area contributed by atoms with E-state index in [1.165, 1.54) is 17.0 Å². The summed E-state index contributed by atoms with van der Waals surface area (Å²) in [6.07, 6.45) is 0.207. The molecule has 1 aliphatic rings. The molecule has 0 radical (unpaired) electrons. The monoisotopic (exact) mass is 416 g/mol. The third kappa shape index (κ3) is 4.10. The lowest BCUT2D eigenvalue weighted by Crippen LogP contribution is -2.51. The van der Waals surface area contributed by atoms with Crippen molar-refractivity contribution in [1.82, 2.24) is 9.80 Å². The highest BCUT2D eigenvalue weighted by Crippen LogP contribution is 2.27. The van der Waals surface area contributed by atoms with Crippen LogP contribution in [-0.2, 0) is 17.8 Å². The van der Waals surface area contributed by atoms with E-state index in [9.17, 15) is 18.8 Å². The van der Waals surface area contributed by atoms with E-state index in [1.54, 1.807) is 43.4 Å². The summed E-state index contributed by atoms with van der Waals surface area (Å²) in [6.45, 7) is 0.230. The van der Waals surface area contributed by atoms with Crippen LogP contribution in [0, 0.1) is 5.82 Å². The van der Waals surface area contributed by atoms with Crippen LogP contribution in [0.15, 0.2) is 78.9 Å². The molecule has 0 aliphatic carbocycles. The number of fused-ring (bicyclic) bond motifs is 1. The van der Waals surface area contributed by atoms with Gasteiger partial charge in [0.25, 0.3) is 11.8 Å². The normalized spacial score (nSPS) is 13.8. The minimum atomic E-state index is -0.986. The largest absolute Gasteiger partial charge is 0.340 e. The lowest BCUT2D eigenvalue weighted by molar-refractivity contribution is -0.134. The van der Waals surface area contributed by atoms with E-state index in [4.69, 9.17) is 0 Å². The summed E-state index contributed by atoms with van der Waals surface area (Å²) in [7, 11) is 1.61. The van der Waals surface area contributed by atoms with E-state index in [0.717, 1.165) is 16.0 Å². The number of imide groups is 1. The summed E-state index contributed by atoms with van der Waals surface area (Å²) in [6, 6.07) is 20.8. The first-order chi connectivity index (χ1) is 15.0. The lowest BCUT2D eigenvalue weighted by atomic mass is 10.0. The fourth-order valence-corrected chi connectivity index (χ4v) is 3.81. The number of hydrogen-bond acceptors (Lipinski definition) is 3. The van der Waals surface area contributed by atoms with Gasteiger partial charge >= 0.3 is 0 Å². The summed E-state index contributed by atoms with van der Waals surface area (Å²) in [5, 5.41) is 0. The molecule has 1 aliphatic heterocycles. The maximum absolute atomic E-state index is 13.5. The molecule has 3 aromatic carbocycles. The number of hydrogen-bond donors (Lipinski definition) is 0. The molecule has 0 fully saturated rings. The van der Waals surface area contributed by atoms with Gasteiger partial charge in [0.1, 0.15) is 11.9 Å². The van der Waals surface area contributed by atoms with Crippen LogP contribution in [0.4, 0.5) is 4.39 Å². The van der Waals surface area contributed by atoms with Crippen molar-refractivity contribution in [2.45, 2.75) is 19.0 Å². The van der Waals surface area contributed by atoms with Gasteiger partial charge < -0.3 is 4.90 Å². The summed E-state index contributed by atoms with van der Waals surface area (Å²) in [5.74, 6) is -1.65. The van der Waals surface area contributed by atoms with Gasteiger partial charge in [-0.3, -0.25) is 19.3 Å². The topological polar surface area (TPSA) is 57.7 Å². The van der Waals surface area contributed by atoms with Crippen molar-refractivity contribution >= 4 is 17.7 Å². The zero-order chi connectivity index (χ0) is 22.0. The Morgan fingerprint density at radius 3 is 1.97 bits per heavy atom. The van der Waals surface area contributed by atoms with Crippen molar-refractivity contribution in [3.05, 3.63) is 107 Å². The molecule has 31 heavy (non-hydrogen) atoms. The number of halogens is 1. The number of carbonyl (C=O) groups is 3. The number of benzene rings is 3. The highest BCUT2D eigenvalue weighted by atomic mass is 19.1. The Balaban J connectivity index is 1.64. The molecule has 6 heteroatoms. The van der Waals surface area contributed by atoms with Gasteiger partial charge in [-0.15, -0.1) is 0 Å². The number of nitrogens with zero attached hydrogens (tertiary/aromatic N) is 2. The standard InChI is InChI=1S/C25H21FN2O3/c1-27(16-18-11-13-19(26)14-12-18)25(31)22(15-17-7-3-2-4-8-17)28-23(29)20-9-5-6-10-21(20)24(28)30/h2-14,22H,15-16H2,1H3/t22-/m0/s1. The minimum absolute atomic E-state index is 0.207. The molecular weight excluding hydrogens is 395 g/mol. The molecule has 3 amide bonds. The third-order valence-electron chi connectivity index (χ3n) is 5.40. The molecule has 0 spiro atoms. The van der Waals surface area contributed by atoms with E-state index >= 15 is 0 Å². The Morgan fingerprint density at radius 2 is 1.39 bits per heavy atom. The molecule has 0 bridgehead atoms. The zero-order valence-electron chi connectivity index (χ0n) is 17.0. The molecule has 4 rings (SSSR count). The van der Waals surface area contributed by atoms with Crippen molar-refractivity contribution < 1.29 is 18.8 Å². The zero-order valence-corrected chi connectivity index (χ0v) is 17.0. The van der Waals surface area contributed by atoms with Crippen LogP contribution in [0.2, 0.25) is 0 Å². The van der Waals surface area contributed by atoms with Crippen LogP contribution in [0.1, 0.15) is 31.8 Å². The molecule has 0 saturated heterocycles. The third-order valence-corrected chi connectivity index (χ3v) is 5.40. The molecule has 1 atom stereocenters. The number of carbonyl (C=O) groups excluding carboxylic acids is 3. The highest BCUT2D eigenvalue weighted by Gasteiger charge is 2.43. The molecule has 0 unspecified atom stereocenters. The molecule has 0 aromatic heterocycles. The van der Waals surface area contributed by atoms with Gasteiger partial charge in [-0.25, -0.2) is 4.39 Å². The first-order valence-corrected chi connectivity index (χ1v) is 9.96. The molecular formula is C25H21FN2O3. The van der Waals surface area contributed by atoms with E-state index in [-0.39, 0.29) is 24.7 Å². The van der Waals surface area contributed by atoms with Gasteiger partial charge in [0.15, 0.2) is 0 Å². The number of likely N-dealkylation sites (N-methyl/N-ethyl adjacent to an activating group) is 1. The number of rotatable bonds is 6. The van der Waals surface area contributed by atoms with Crippen LogP contribution in [-0.4, -0.2) is 40.6 Å². The van der Waals surface area contributed by atoms with E-state index in [2.05, 4.69) is 0 Å². The van der Waals surface area contributed by atoms with Crippen molar-refractivity contribution in [2.75, 3.05) is 7.05 Å². The van der Waals surface area contributed by atoms with E-state index in [1.807, 2.05) is 30.3 Å². The second-order valence-corrected chi connectivity index (χ2v) is 7.55. The second kappa shape index (κ2) is 8.52. The summed E-state index contributed by atoms with van der Waals surface area (Å²) >= 11 is 0. The maximum Gasteiger partial charge on any atom is 0.262 e. The molecule has 0 N–H and O–H groups in total. The fourth-order valence-electron chi connectivity index (χ4n) is 3.81. The number of amides is 3. The van der Waals surface area contributed by atoms with Crippen molar-refractivity contribution in [2.24, 2.45) is 0 Å². The summed E-state index contributed by atoms with van der Waals surface area (Å²) < 4.78 is 13.2. The van der Waals surface area contributed by atoms with Gasteiger partial charge in [-0.2, -0.15) is 0 Å². The van der Waals surface area contributed by atoms with Gasteiger partial charge in [0, 0.05) is 20.0 Å². The lowest BCUT2D eigenvalue weighted by Gasteiger charge is -2.29. The summed E-state index contributed by atoms with van der Waals surface area (Å²) in [5.41, 5.74) is 2.20. The average molecular weight is 416 g/mol. The molecule has 156 valence electrons. The Labute approximate surface area is 179 Å². The van der Waals surface area contributed by atoms with Crippen LogP contribution in [0.3, 0.4) is 0 Å². The van der Waals surface area contributed by atoms with E-state index < -0.39 is 17.9 Å². The predicted octanol–water partition coefficient (Wildman–Crippen LogP) is 3.69. The Kier molecular flexibility index (Phi) is 5.62. The first kappa shape index (κ1) is 20.5. The maximum atomic E-state index is 13.5.